The number of hydrogen-bond acceptors (Lipinski definition) is 1. The number of aldehydes is 1. The minimum absolute atomic E-state index is 0.498. The molecule has 0 saturated carbocycles. The quantitative estimate of drug-likeness (QED) is 0.541. The van der Waals surface area contributed by atoms with Crippen LogP contribution in [0.15, 0.2) is 36.4 Å². The lowest BCUT2D eigenvalue weighted by Gasteiger charge is -2.03. The van der Waals surface area contributed by atoms with Crippen LogP contribution in [0.5, 0.6) is 0 Å². The lowest BCUT2D eigenvalue weighted by Crippen LogP contribution is -1.84. The zero-order valence-corrected chi connectivity index (χ0v) is 8.29. The average molecular weight is 205 g/mol. The second-order valence-electron chi connectivity index (χ2n) is 3.15. The molecule has 0 aliphatic heterocycles. The number of carbonyl (C=O) groups excluding carboxylic acids is 1. The maximum atomic E-state index is 10.6. The van der Waals surface area contributed by atoms with Gasteiger partial charge in [-0.3, -0.25) is 4.79 Å². The lowest BCUT2D eigenvalue weighted by atomic mass is 10.0. The summed E-state index contributed by atoms with van der Waals surface area (Å²) in [7, 11) is 0. The summed E-state index contributed by atoms with van der Waals surface area (Å²) in [5.41, 5.74) is 1.80. The van der Waals surface area contributed by atoms with Crippen LogP contribution < -0.4 is 0 Å². The van der Waals surface area contributed by atoms with Gasteiger partial charge in [-0.25, -0.2) is 0 Å². The van der Waals surface area contributed by atoms with Crippen LogP contribution in [0.2, 0.25) is 0 Å². The molecule has 0 spiro atoms. The van der Waals surface area contributed by atoms with Gasteiger partial charge in [-0.2, -0.15) is 0 Å². The molecular weight excluding hydrogens is 196 g/mol. The highest BCUT2D eigenvalue weighted by molar-refractivity contribution is 6.18. The minimum atomic E-state index is 0.498. The summed E-state index contributed by atoms with van der Waals surface area (Å²) in [5.74, 6) is 0.498. The number of benzene rings is 2. The van der Waals surface area contributed by atoms with Crippen molar-refractivity contribution in [3.8, 4) is 0 Å². The topological polar surface area (TPSA) is 17.1 Å². The molecule has 2 aromatic carbocycles. The van der Waals surface area contributed by atoms with Gasteiger partial charge in [-0.1, -0.05) is 30.3 Å². The smallest absolute Gasteiger partial charge is 0.150 e. The molecule has 0 saturated heterocycles. The van der Waals surface area contributed by atoms with Gasteiger partial charge in [0.1, 0.15) is 6.29 Å². The predicted octanol–water partition coefficient (Wildman–Crippen LogP) is 3.39. The average Bonchev–Trinajstić information content (AvgIpc) is 2.27. The Bertz CT molecular complexity index is 477. The van der Waals surface area contributed by atoms with E-state index in [1.165, 1.54) is 0 Å². The summed E-state index contributed by atoms with van der Waals surface area (Å²) in [5, 5.41) is 2.18. The standard InChI is InChI=1S/C12H9ClO/c13-7-11-3-1-2-10-6-9(8-14)4-5-12(10)11/h1-6,8H,7H2. The number of carbonyl (C=O) groups is 1. The number of rotatable bonds is 2. The highest BCUT2D eigenvalue weighted by atomic mass is 35.5. The molecule has 1 nitrogen and oxygen atoms in total. The zero-order valence-electron chi connectivity index (χ0n) is 7.53. The van der Waals surface area contributed by atoms with Crippen molar-refractivity contribution >= 4 is 28.7 Å². The highest BCUT2D eigenvalue weighted by Gasteiger charge is 1.99. The van der Waals surface area contributed by atoms with Crippen LogP contribution in [0, 0.1) is 0 Å². The molecule has 2 rings (SSSR count). The Morgan fingerprint density at radius 1 is 1.21 bits per heavy atom. The van der Waals surface area contributed by atoms with Gasteiger partial charge in [-0.05, 0) is 22.4 Å². The van der Waals surface area contributed by atoms with Gasteiger partial charge in [-0.15, -0.1) is 11.6 Å². The molecule has 0 fully saturated rings. The van der Waals surface area contributed by atoms with E-state index >= 15 is 0 Å². The third-order valence-electron chi connectivity index (χ3n) is 2.27. The third-order valence-corrected chi connectivity index (χ3v) is 2.56. The van der Waals surface area contributed by atoms with E-state index in [9.17, 15) is 4.79 Å². The first kappa shape index (κ1) is 9.22. The fourth-order valence-electron chi connectivity index (χ4n) is 1.56. The molecule has 0 atom stereocenters. The van der Waals surface area contributed by atoms with Crippen molar-refractivity contribution in [2.75, 3.05) is 0 Å². The Kier molecular flexibility index (Phi) is 2.51. The maximum absolute atomic E-state index is 10.6. The first-order valence-corrected chi connectivity index (χ1v) is 4.91. The Morgan fingerprint density at radius 3 is 2.79 bits per heavy atom. The molecule has 0 heterocycles. The molecule has 0 amide bonds. The van der Waals surface area contributed by atoms with Crippen molar-refractivity contribution in [3.05, 3.63) is 47.5 Å². The van der Waals surface area contributed by atoms with Gasteiger partial charge in [0, 0.05) is 11.4 Å². The summed E-state index contributed by atoms with van der Waals surface area (Å²) in [6.45, 7) is 0. The van der Waals surface area contributed by atoms with E-state index in [1.807, 2.05) is 36.4 Å². The van der Waals surface area contributed by atoms with Crippen molar-refractivity contribution in [1.82, 2.24) is 0 Å². The molecule has 0 aromatic heterocycles. The second-order valence-corrected chi connectivity index (χ2v) is 3.42. The van der Waals surface area contributed by atoms with E-state index in [0.717, 1.165) is 22.6 Å². The van der Waals surface area contributed by atoms with Crippen LogP contribution in [0.25, 0.3) is 10.8 Å². The molecule has 0 unspecified atom stereocenters. The van der Waals surface area contributed by atoms with Crippen molar-refractivity contribution in [2.45, 2.75) is 5.88 Å². The van der Waals surface area contributed by atoms with Crippen molar-refractivity contribution in [3.63, 3.8) is 0 Å². The summed E-state index contributed by atoms with van der Waals surface area (Å²) in [6, 6.07) is 11.6. The molecule has 2 aromatic rings. The van der Waals surface area contributed by atoms with Crippen molar-refractivity contribution < 1.29 is 4.79 Å². The Hall–Kier alpha value is -1.34. The normalized spacial score (nSPS) is 10.4. The Balaban J connectivity index is 2.73. The lowest BCUT2D eigenvalue weighted by molar-refractivity contribution is 0.112. The predicted molar refractivity (Wildman–Crippen MR) is 58.9 cm³/mol. The molecular formula is C12H9ClO. The summed E-state index contributed by atoms with van der Waals surface area (Å²) in [4.78, 5) is 10.6. The molecule has 2 heteroatoms. The van der Waals surface area contributed by atoms with Gasteiger partial charge < -0.3 is 0 Å². The monoisotopic (exact) mass is 204 g/mol. The molecule has 0 N–H and O–H groups in total. The summed E-state index contributed by atoms with van der Waals surface area (Å²) in [6.07, 6.45) is 0.854. The largest absolute Gasteiger partial charge is 0.298 e. The molecule has 70 valence electrons. The zero-order chi connectivity index (χ0) is 9.97. The van der Waals surface area contributed by atoms with Gasteiger partial charge in [0.05, 0.1) is 0 Å². The van der Waals surface area contributed by atoms with E-state index in [4.69, 9.17) is 11.6 Å². The highest BCUT2D eigenvalue weighted by Crippen LogP contribution is 2.21. The van der Waals surface area contributed by atoms with Gasteiger partial charge in [0.25, 0.3) is 0 Å². The van der Waals surface area contributed by atoms with E-state index < -0.39 is 0 Å². The molecule has 0 aliphatic carbocycles. The van der Waals surface area contributed by atoms with Crippen LogP contribution in [-0.4, -0.2) is 6.29 Å². The second kappa shape index (κ2) is 3.81. The Morgan fingerprint density at radius 2 is 2.07 bits per heavy atom. The maximum Gasteiger partial charge on any atom is 0.150 e. The molecule has 14 heavy (non-hydrogen) atoms. The van der Waals surface area contributed by atoms with Crippen LogP contribution in [0.3, 0.4) is 0 Å². The molecule has 0 bridgehead atoms. The minimum Gasteiger partial charge on any atom is -0.298 e. The van der Waals surface area contributed by atoms with Crippen LogP contribution in [0.1, 0.15) is 15.9 Å². The SMILES string of the molecule is O=Cc1ccc2c(CCl)cccc2c1. The van der Waals surface area contributed by atoms with Crippen LogP contribution in [-0.2, 0) is 5.88 Å². The third kappa shape index (κ3) is 1.51. The number of halogens is 1. The first-order chi connectivity index (χ1) is 6.85. The van der Waals surface area contributed by atoms with Gasteiger partial charge in [0.2, 0.25) is 0 Å². The fourth-order valence-corrected chi connectivity index (χ4v) is 1.79. The Labute approximate surface area is 87.3 Å². The summed E-state index contributed by atoms with van der Waals surface area (Å²) >= 11 is 5.81. The number of alkyl halides is 1. The van der Waals surface area contributed by atoms with E-state index in [-0.39, 0.29) is 0 Å². The van der Waals surface area contributed by atoms with Crippen LogP contribution in [0.4, 0.5) is 0 Å². The molecule has 0 radical (unpaired) electrons. The van der Waals surface area contributed by atoms with Gasteiger partial charge >= 0.3 is 0 Å². The van der Waals surface area contributed by atoms with Crippen LogP contribution >= 0.6 is 11.6 Å². The van der Waals surface area contributed by atoms with E-state index in [0.29, 0.717) is 11.4 Å². The van der Waals surface area contributed by atoms with E-state index in [1.54, 1.807) is 0 Å². The number of fused-ring (bicyclic) bond motifs is 1. The number of hydrogen-bond donors (Lipinski definition) is 0. The molecule has 0 aliphatic rings. The first-order valence-electron chi connectivity index (χ1n) is 4.38. The van der Waals surface area contributed by atoms with Crippen molar-refractivity contribution in [2.24, 2.45) is 0 Å². The fraction of sp³-hybridized carbons (Fsp3) is 0.0833. The van der Waals surface area contributed by atoms with Crippen molar-refractivity contribution in [1.29, 1.82) is 0 Å². The van der Waals surface area contributed by atoms with E-state index in [2.05, 4.69) is 0 Å². The van der Waals surface area contributed by atoms with Gasteiger partial charge in [0.15, 0.2) is 0 Å². The summed E-state index contributed by atoms with van der Waals surface area (Å²) < 4.78 is 0.